The Morgan fingerprint density at radius 3 is 2.81 bits per heavy atom. The zero-order valence-corrected chi connectivity index (χ0v) is 15.3. The standard InChI is InChI=1S/C19H24N4O3/c1-19(2,3)26-18(25)23-11-9-13(12-23)21-16-8-10-20-17(22-16)14-6-4-5-7-15(14)24/h4-8,10,13,24H,9,11-12H2,1-3H3,(H,20,21,22). The van der Waals surface area contributed by atoms with Crippen LogP contribution in [-0.4, -0.2) is 50.8 Å². The van der Waals surface area contributed by atoms with E-state index in [1.165, 1.54) is 0 Å². The lowest BCUT2D eigenvalue weighted by molar-refractivity contribution is 0.0293. The third-order valence-corrected chi connectivity index (χ3v) is 3.99. The van der Waals surface area contributed by atoms with Gasteiger partial charge in [0.1, 0.15) is 17.2 Å². The molecule has 1 amide bonds. The van der Waals surface area contributed by atoms with Gasteiger partial charge in [0.25, 0.3) is 0 Å². The SMILES string of the molecule is CC(C)(C)OC(=O)N1CCC(Nc2ccnc(-c3ccccc3O)n2)C1. The number of para-hydroxylation sites is 1. The zero-order chi connectivity index (χ0) is 18.7. The number of aromatic hydroxyl groups is 1. The lowest BCUT2D eigenvalue weighted by Crippen LogP contribution is -2.36. The number of benzene rings is 1. The molecule has 1 atom stereocenters. The van der Waals surface area contributed by atoms with Gasteiger partial charge in [-0.25, -0.2) is 14.8 Å². The second-order valence-electron chi connectivity index (χ2n) is 7.34. The summed E-state index contributed by atoms with van der Waals surface area (Å²) in [5, 5.41) is 13.3. The first kappa shape index (κ1) is 18.0. The number of carbonyl (C=O) groups is 1. The highest BCUT2D eigenvalue weighted by atomic mass is 16.6. The number of aromatic nitrogens is 2. The average Bonchev–Trinajstić information content (AvgIpc) is 3.03. The number of carbonyl (C=O) groups excluding carboxylic acids is 1. The minimum Gasteiger partial charge on any atom is -0.507 e. The number of likely N-dealkylation sites (tertiary alicyclic amines) is 1. The molecule has 3 rings (SSSR count). The Morgan fingerprint density at radius 1 is 1.31 bits per heavy atom. The third-order valence-electron chi connectivity index (χ3n) is 3.99. The number of anilines is 1. The van der Waals surface area contributed by atoms with E-state index in [9.17, 15) is 9.90 Å². The van der Waals surface area contributed by atoms with E-state index in [-0.39, 0.29) is 17.9 Å². The van der Waals surface area contributed by atoms with Gasteiger partial charge in [0.15, 0.2) is 5.82 Å². The van der Waals surface area contributed by atoms with Crippen LogP contribution < -0.4 is 5.32 Å². The summed E-state index contributed by atoms with van der Waals surface area (Å²) in [4.78, 5) is 22.6. The van der Waals surface area contributed by atoms with Crippen molar-refractivity contribution in [3.05, 3.63) is 36.5 Å². The van der Waals surface area contributed by atoms with Gasteiger partial charge in [0.05, 0.1) is 5.56 Å². The molecular formula is C19H24N4O3. The molecule has 2 aromatic rings. The Kier molecular flexibility index (Phi) is 4.97. The van der Waals surface area contributed by atoms with Crippen LogP contribution >= 0.6 is 0 Å². The molecule has 0 aliphatic carbocycles. The molecule has 7 heteroatoms. The predicted molar refractivity (Wildman–Crippen MR) is 99.0 cm³/mol. The van der Waals surface area contributed by atoms with Gasteiger partial charge in [-0.3, -0.25) is 0 Å². The van der Waals surface area contributed by atoms with Crippen molar-refractivity contribution >= 4 is 11.9 Å². The number of amides is 1. The molecule has 7 nitrogen and oxygen atoms in total. The number of ether oxygens (including phenoxy) is 1. The highest BCUT2D eigenvalue weighted by Crippen LogP contribution is 2.26. The van der Waals surface area contributed by atoms with Crippen LogP contribution in [0, 0.1) is 0 Å². The van der Waals surface area contributed by atoms with E-state index in [1.54, 1.807) is 35.4 Å². The van der Waals surface area contributed by atoms with Gasteiger partial charge in [-0.1, -0.05) is 12.1 Å². The van der Waals surface area contributed by atoms with Crippen molar-refractivity contribution in [1.29, 1.82) is 0 Å². The van der Waals surface area contributed by atoms with Crippen LogP contribution in [0.15, 0.2) is 36.5 Å². The smallest absolute Gasteiger partial charge is 0.410 e. The Hall–Kier alpha value is -2.83. The van der Waals surface area contributed by atoms with E-state index in [0.717, 1.165) is 6.42 Å². The van der Waals surface area contributed by atoms with Crippen LogP contribution in [0.4, 0.5) is 10.6 Å². The van der Waals surface area contributed by atoms with Crippen molar-refractivity contribution < 1.29 is 14.6 Å². The number of nitrogens with one attached hydrogen (secondary N) is 1. The Balaban J connectivity index is 1.65. The molecule has 2 heterocycles. The van der Waals surface area contributed by atoms with Gasteiger partial charge in [0, 0.05) is 25.3 Å². The van der Waals surface area contributed by atoms with E-state index < -0.39 is 5.60 Å². The summed E-state index contributed by atoms with van der Waals surface area (Å²) in [5.74, 6) is 1.26. The highest BCUT2D eigenvalue weighted by Gasteiger charge is 2.29. The molecule has 1 aliphatic heterocycles. The number of phenolic OH excluding ortho intramolecular Hbond substituents is 1. The van der Waals surface area contributed by atoms with Gasteiger partial charge in [0.2, 0.25) is 0 Å². The molecule has 0 saturated carbocycles. The Labute approximate surface area is 153 Å². The lowest BCUT2D eigenvalue weighted by atomic mass is 10.2. The molecule has 0 bridgehead atoms. The summed E-state index contributed by atoms with van der Waals surface area (Å²) in [6.07, 6.45) is 2.17. The number of nitrogens with zero attached hydrogens (tertiary/aromatic N) is 3. The maximum absolute atomic E-state index is 12.2. The molecule has 26 heavy (non-hydrogen) atoms. The molecule has 2 N–H and O–H groups in total. The van der Waals surface area contributed by atoms with Crippen molar-refractivity contribution in [2.45, 2.75) is 38.8 Å². The molecule has 138 valence electrons. The van der Waals surface area contributed by atoms with Crippen LogP contribution in [0.2, 0.25) is 0 Å². The molecule has 1 aromatic heterocycles. The van der Waals surface area contributed by atoms with E-state index >= 15 is 0 Å². The normalized spacial score (nSPS) is 17.2. The molecular weight excluding hydrogens is 332 g/mol. The fraction of sp³-hybridized carbons (Fsp3) is 0.421. The molecule has 1 aliphatic rings. The summed E-state index contributed by atoms with van der Waals surface area (Å²) < 4.78 is 5.42. The maximum atomic E-state index is 12.2. The molecule has 1 unspecified atom stereocenters. The summed E-state index contributed by atoms with van der Waals surface area (Å²) in [5.41, 5.74) is 0.0833. The van der Waals surface area contributed by atoms with Gasteiger partial charge in [-0.2, -0.15) is 0 Å². The Bertz CT molecular complexity index is 788. The fourth-order valence-corrected chi connectivity index (χ4v) is 2.81. The quantitative estimate of drug-likeness (QED) is 0.878. The largest absolute Gasteiger partial charge is 0.507 e. The molecule has 0 spiro atoms. The minimum atomic E-state index is -0.498. The maximum Gasteiger partial charge on any atom is 0.410 e. The van der Waals surface area contributed by atoms with Crippen molar-refractivity contribution in [2.75, 3.05) is 18.4 Å². The zero-order valence-electron chi connectivity index (χ0n) is 15.3. The molecule has 0 radical (unpaired) electrons. The number of rotatable bonds is 3. The van der Waals surface area contributed by atoms with Gasteiger partial charge >= 0.3 is 6.09 Å². The first-order valence-electron chi connectivity index (χ1n) is 8.68. The van der Waals surface area contributed by atoms with E-state index in [0.29, 0.717) is 30.3 Å². The van der Waals surface area contributed by atoms with Crippen LogP contribution in [0.1, 0.15) is 27.2 Å². The lowest BCUT2D eigenvalue weighted by Gasteiger charge is -2.24. The second-order valence-corrected chi connectivity index (χ2v) is 7.34. The average molecular weight is 356 g/mol. The number of hydrogen-bond donors (Lipinski definition) is 2. The van der Waals surface area contributed by atoms with Gasteiger partial charge < -0.3 is 20.1 Å². The molecule has 1 fully saturated rings. The summed E-state index contributed by atoms with van der Waals surface area (Å²) in [6.45, 7) is 6.78. The van der Waals surface area contributed by atoms with Crippen LogP contribution in [0.5, 0.6) is 5.75 Å². The summed E-state index contributed by atoms with van der Waals surface area (Å²) in [6, 6.07) is 8.83. The fourth-order valence-electron chi connectivity index (χ4n) is 2.81. The highest BCUT2D eigenvalue weighted by molar-refractivity contribution is 5.69. The Morgan fingerprint density at radius 2 is 2.08 bits per heavy atom. The van der Waals surface area contributed by atoms with E-state index in [4.69, 9.17) is 4.74 Å². The topological polar surface area (TPSA) is 87.6 Å². The second kappa shape index (κ2) is 7.19. The predicted octanol–water partition coefficient (Wildman–Crippen LogP) is 3.27. The first-order chi connectivity index (χ1) is 12.3. The molecule has 1 aromatic carbocycles. The van der Waals surface area contributed by atoms with Crippen molar-refractivity contribution in [3.63, 3.8) is 0 Å². The van der Waals surface area contributed by atoms with Crippen LogP contribution in [0.25, 0.3) is 11.4 Å². The molecule has 1 saturated heterocycles. The van der Waals surface area contributed by atoms with Gasteiger partial charge in [-0.05, 0) is 45.4 Å². The van der Waals surface area contributed by atoms with Gasteiger partial charge in [-0.15, -0.1) is 0 Å². The summed E-state index contributed by atoms with van der Waals surface area (Å²) >= 11 is 0. The van der Waals surface area contributed by atoms with E-state index in [2.05, 4.69) is 15.3 Å². The first-order valence-corrected chi connectivity index (χ1v) is 8.68. The summed E-state index contributed by atoms with van der Waals surface area (Å²) in [7, 11) is 0. The van der Waals surface area contributed by atoms with Crippen molar-refractivity contribution in [2.24, 2.45) is 0 Å². The van der Waals surface area contributed by atoms with Crippen LogP contribution in [-0.2, 0) is 4.74 Å². The minimum absolute atomic E-state index is 0.0923. The third kappa shape index (κ3) is 4.41. The van der Waals surface area contributed by atoms with E-state index in [1.807, 2.05) is 26.8 Å². The van der Waals surface area contributed by atoms with Crippen molar-refractivity contribution in [3.8, 4) is 17.1 Å². The number of phenols is 1. The van der Waals surface area contributed by atoms with Crippen LogP contribution in [0.3, 0.4) is 0 Å². The monoisotopic (exact) mass is 356 g/mol. The van der Waals surface area contributed by atoms with Crippen molar-refractivity contribution in [1.82, 2.24) is 14.9 Å². The number of hydrogen-bond acceptors (Lipinski definition) is 6.